The van der Waals surface area contributed by atoms with Gasteiger partial charge in [-0.25, -0.2) is 0 Å². The molecule has 0 aromatic heterocycles. The quantitative estimate of drug-likeness (QED) is 0.801. The molecule has 2 atom stereocenters. The Hall–Kier alpha value is -0.160. The highest BCUT2D eigenvalue weighted by molar-refractivity contribution is 4.92. The Kier molecular flexibility index (Phi) is 5.23. The van der Waals surface area contributed by atoms with Crippen molar-refractivity contribution in [2.24, 2.45) is 0 Å². The molecule has 2 fully saturated rings. The van der Waals surface area contributed by atoms with E-state index in [1.807, 2.05) is 6.92 Å². The number of nitrogens with one attached hydrogen (secondary N) is 1. The fraction of sp³-hybridized carbons (Fsp3) is 1.00. The molecular formula is C15H29NO3. The second-order valence-electron chi connectivity index (χ2n) is 6.46. The molecule has 2 rings (SSSR count). The first kappa shape index (κ1) is 15.2. The topological polar surface area (TPSA) is 50.7 Å². The number of hydrogen-bond donors (Lipinski definition) is 2. The lowest BCUT2D eigenvalue weighted by molar-refractivity contribution is -0.141. The van der Waals surface area contributed by atoms with Crippen molar-refractivity contribution < 1.29 is 14.6 Å². The van der Waals surface area contributed by atoms with Crippen molar-refractivity contribution in [1.29, 1.82) is 0 Å². The summed E-state index contributed by atoms with van der Waals surface area (Å²) in [6.07, 6.45) is 5.99. The number of hydrogen-bond acceptors (Lipinski definition) is 4. The molecule has 0 radical (unpaired) electrons. The smallest absolute Gasteiger partial charge is 0.0743 e. The van der Waals surface area contributed by atoms with Crippen LogP contribution < -0.4 is 5.32 Å². The van der Waals surface area contributed by atoms with E-state index in [4.69, 9.17) is 9.47 Å². The zero-order valence-corrected chi connectivity index (χ0v) is 12.4. The van der Waals surface area contributed by atoms with Gasteiger partial charge in [0.15, 0.2) is 0 Å². The van der Waals surface area contributed by atoms with E-state index in [1.165, 1.54) is 0 Å². The molecule has 0 saturated carbocycles. The van der Waals surface area contributed by atoms with Gasteiger partial charge in [-0.3, -0.25) is 0 Å². The molecule has 1 spiro atoms. The minimum Gasteiger partial charge on any atom is -0.389 e. The highest BCUT2D eigenvalue weighted by Crippen LogP contribution is 2.34. The fourth-order valence-electron chi connectivity index (χ4n) is 3.29. The zero-order chi connectivity index (χ0) is 13.8. The largest absolute Gasteiger partial charge is 0.389 e. The highest BCUT2D eigenvalue weighted by atomic mass is 16.5. The highest BCUT2D eigenvalue weighted by Gasteiger charge is 2.39. The maximum atomic E-state index is 10.2. The molecule has 0 aliphatic carbocycles. The third-order valence-electron chi connectivity index (χ3n) is 4.46. The summed E-state index contributed by atoms with van der Waals surface area (Å²) in [4.78, 5) is 0. The van der Waals surface area contributed by atoms with Crippen molar-refractivity contribution in [3.63, 3.8) is 0 Å². The molecule has 0 aromatic carbocycles. The van der Waals surface area contributed by atoms with Crippen molar-refractivity contribution in [1.82, 2.24) is 5.32 Å². The van der Waals surface area contributed by atoms with E-state index in [0.717, 1.165) is 58.3 Å². The molecule has 112 valence electrons. The van der Waals surface area contributed by atoms with Crippen molar-refractivity contribution in [3.05, 3.63) is 0 Å². The van der Waals surface area contributed by atoms with Gasteiger partial charge in [-0.2, -0.15) is 0 Å². The maximum Gasteiger partial charge on any atom is 0.0743 e. The van der Waals surface area contributed by atoms with Crippen molar-refractivity contribution >= 4 is 0 Å². The van der Waals surface area contributed by atoms with Crippen LogP contribution in [-0.2, 0) is 9.47 Å². The predicted octanol–water partition coefficient (Wildman–Crippen LogP) is 1.86. The number of rotatable bonds is 5. The average Bonchev–Trinajstić information content (AvgIpc) is 2.38. The normalized spacial score (nSPS) is 30.2. The van der Waals surface area contributed by atoms with E-state index in [9.17, 15) is 5.11 Å². The van der Waals surface area contributed by atoms with Gasteiger partial charge in [0, 0.05) is 32.4 Å². The van der Waals surface area contributed by atoms with Crippen molar-refractivity contribution in [2.45, 2.75) is 69.6 Å². The van der Waals surface area contributed by atoms with Crippen molar-refractivity contribution in [3.8, 4) is 0 Å². The Bertz CT molecular complexity index is 269. The monoisotopic (exact) mass is 271 g/mol. The Morgan fingerprint density at radius 3 is 2.74 bits per heavy atom. The summed E-state index contributed by atoms with van der Waals surface area (Å²) < 4.78 is 11.5. The van der Waals surface area contributed by atoms with Crippen LogP contribution in [0.1, 0.15) is 52.4 Å². The molecule has 4 heteroatoms. The van der Waals surface area contributed by atoms with Gasteiger partial charge in [0.25, 0.3) is 0 Å². The first-order valence-electron chi connectivity index (χ1n) is 7.73. The van der Waals surface area contributed by atoms with Crippen LogP contribution in [-0.4, -0.2) is 48.7 Å². The van der Waals surface area contributed by atoms with Gasteiger partial charge in [0.2, 0.25) is 0 Å². The minimum absolute atomic E-state index is 0.0325. The Balaban J connectivity index is 1.81. The van der Waals surface area contributed by atoms with E-state index in [-0.39, 0.29) is 5.60 Å². The summed E-state index contributed by atoms with van der Waals surface area (Å²) in [7, 11) is 0. The molecule has 2 aliphatic heterocycles. The molecule has 2 N–H and O–H groups in total. The van der Waals surface area contributed by atoms with Gasteiger partial charge in [-0.1, -0.05) is 13.3 Å². The molecule has 0 bridgehead atoms. The van der Waals surface area contributed by atoms with E-state index < -0.39 is 5.60 Å². The van der Waals surface area contributed by atoms with Crippen LogP contribution in [0.25, 0.3) is 0 Å². The summed E-state index contributed by atoms with van der Waals surface area (Å²) in [5.74, 6) is 0. The summed E-state index contributed by atoms with van der Waals surface area (Å²) in [5, 5.41) is 13.8. The van der Waals surface area contributed by atoms with Gasteiger partial charge in [-0.15, -0.1) is 0 Å². The van der Waals surface area contributed by atoms with Crippen LogP contribution in [0.3, 0.4) is 0 Å². The molecule has 2 aliphatic rings. The van der Waals surface area contributed by atoms with Gasteiger partial charge in [-0.05, 0) is 39.0 Å². The molecule has 19 heavy (non-hydrogen) atoms. The summed E-state index contributed by atoms with van der Waals surface area (Å²) in [6, 6.07) is 0.468. The van der Waals surface area contributed by atoms with Crippen LogP contribution in [0.5, 0.6) is 0 Å². The molecule has 2 saturated heterocycles. The lowest BCUT2D eigenvalue weighted by Crippen LogP contribution is -2.52. The van der Waals surface area contributed by atoms with E-state index in [0.29, 0.717) is 12.6 Å². The predicted molar refractivity (Wildman–Crippen MR) is 75.3 cm³/mol. The summed E-state index contributed by atoms with van der Waals surface area (Å²) >= 11 is 0. The second kappa shape index (κ2) is 6.53. The second-order valence-corrected chi connectivity index (χ2v) is 6.46. The first-order chi connectivity index (χ1) is 9.05. The Morgan fingerprint density at radius 1 is 1.32 bits per heavy atom. The molecule has 2 unspecified atom stereocenters. The Labute approximate surface area is 116 Å². The third kappa shape index (κ3) is 4.42. The molecule has 0 aromatic rings. The molecule has 4 nitrogen and oxygen atoms in total. The number of ether oxygens (including phenoxy) is 2. The van der Waals surface area contributed by atoms with Crippen LogP contribution in [0.4, 0.5) is 0 Å². The average molecular weight is 271 g/mol. The molecular weight excluding hydrogens is 242 g/mol. The van der Waals surface area contributed by atoms with Gasteiger partial charge in [0.1, 0.15) is 0 Å². The Morgan fingerprint density at radius 2 is 2.05 bits per heavy atom. The SMILES string of the molecule is CCCC(C)(O)CNC1CCOC2(CCOCC2)C1. The summed E-state index contributed by atoms with van der Waals surface area (Å²) in [6.45, 7) is 7.18. The van der Waals surface area contributed by atoms with E-state index in [2.05, 4.69) is 12.2 Å². The van der Waals surface area contributed by atoms with Crippen LogP contribution in [0.2, 0.25) is 0 Å². The lowest BCUT2D eigenvalue weighted by atomic mass is 9.84. The number of aliphatic hydroxyl groups is 1. The summed E-state index contributed by atoms with van der Waals surface area (Å²) in [5.41, 5.74) is -0.555. The molecule has 2 heterocycles. The van der Waals surface area contributed by atoms with Gasteiger partial charge in [0.05, 0.1) is 11.2 Å². The van der Waals surface area contributed by atoms with Gasteiger partial charge >= 0.3 is 0 Å². The zero-order valence-electron chi connectivity index (χ0n) is 12.4. The van der Waals surface area contributed by atoms with E-state index >= 15 is 0 Å². The molecule has 0 amide bonds. The lowest BCUT2D eigenvalue weighted by Gasteiger charge is -2.44. The van der Waals surface area contributed by atoms with Crippen LogP contribution >= 0.6 is 0 Å². The maximum absolute atomic E-state index is 10.2. The standard InChI is InChI=1S/C15H29NO3/c1-3-5-14(2,17)12-16-13-4-8-19-15(11-13)6-9-18-10-7-15/h13,16-17H,3-12H2,1-2H3. The minimum atomic E-state index is -0.587. The van der Waals surface area contributed by atoms with E-state index in [1.54, 1.807) is 0 Å². The van der Waals surface area contributed by atoms with Gasteiger partial charge < -0.3 is 19.9 Å². The first-order valence-corrected chi connectivity index (χ1v) is 7.73. The van der Waals surface area contributed by atoms with Crippen LogP contribution in [0, 0.1) is 0 Å². The van der Waals surface area contributed by atoms with Crippen molar-refractivity contribution in [2.75, 3.05) is 26.4 Å². The van der Waals surface area contributed by atoms with Crippen LogP contribution in [0.15, 0.2) is 0 Å². The fourth-order valence-corrected chi connectivity index (χ4v) is 3.29. The third-order valence-corrected chi connectivity index (χ3v) is 4.46.